The summed E-state index contributed by atoms with van der Waals surface area (Å²) in [4.78, 5) is 21.1. The Hall–Kier alpha value is -3.18. The van der Waals surface area contributed by atoms with Gasteiger partial charge in [0.05, 0.1) is 40.8 Å². The molecule has 0 bridgehead atoms. The van der Waals surface area contributed by atoms with E-state index in [1.807, 2.05) is 4.72 Å². The monoisotopic (exact) mass is 451 g/mol. The van der Waals surface area contributed by atoms with Crippen molar-refractivity contribution in [2.45, 2.75) is 13.3 Å². The molecule has 2 N–H and O–H groups in total. The lowest BCUT2D eigenvalue weighted by Gasteiger charge is -2.12. The predicted molar refractivity (Wildman–Crippen MR) is 110 cm³/mol. The number of nitrogens with one attached hydrogen (secondary N) is 1. The Morgan fingerprint density at radius 3 is 2.68 bits per heavy atom. The van der Waals surface area contributed by atoms with Crippen LogP contribution < -0.4 is 9.46 Å². The van der Waals surface area contributed by atoms with Gasteiger partial charge in [-0.15, -0.1) is 0 Å². The SMILES string of the molecule is CCCS(=O)(=O)Nc1ccc(F)c(C(=O)c2ccc3ncc(OCCO)nc3c2)c1F. The molecule has 0 aliphatic carbocycles. The van der Waals surface area contributed by atoms with Gasteiger partial charge in [-0.05, 0) is 36.8 Å². The number of halogens is 2. The minimum absolute atomic E-state index is 0.00401. The Morgan fingerprint density at radius 1 is 1.19 bits per heavy atom. The minimum Gasteiger partial charge on any atom is -0.474 e. The van der Waals surface area contributed by atoms with E-state index < -0.39 is 38.7 Å². The van der Waals surface area contributed by atoms with Gasteiger partial charge >= 0.3 is 0 Å². The standard InChI is InChI=1S/C20H19F2N3O5S/c1-2-9-31(28,29)25-15-6-4-13(21)18(19(15)22)20(27)12-3-5-14-16(10-12)24-17(11-23-14)30-8-7-26/h3-6,10-11,25-26H,2,7-9H2,1H3. The first-order valence-corrected chi connectivity index (χ1v) is 10.9. The minimum atomic E-state index is -3.84. The highest BCUT2D eigenvalue weighted by Crippen LogP contribution is 2.26. The van der Waals surface area contributed by atoms with Crippen LogP contribution in [0.25, 0.3) is 11.0 Å². The molecule has 31 heavy (non-hydrogen) atoms. The number of ketones is 1. The molecule has 3 aromatic rings. The molecule has 0 saturated carbocycles. The molecule has 0 aliphatic rings. The normalized spacial score (nSPS) is 11.5. The van der Waals surface area contributed by atoms with E-state index in [1.165, 1.54) is 24.4 Å². The summed E-state index contributed by atoms with van der Waals surface area (Å²) in [5.41, 5.74) is -0.834. The van der Waals surface area contributed by atoms with Gasteiger partial charge in [0.2, 0.25) is 15.9 Å². The molecule has 0 aliphatic heterocycles. The first kappa shape index (κ1) is 22.5. The van der Waals surface area contributed by atoms with Crippen LogP contribution >= 0.6 is 0 Å². The molecule has 0 saturated heterocycles. The van der Waals surface area contributed by atoms with Crippen LogP contribution in [0.1, 0.15) is 29.3 Å². The number of carbonyl (C=O) groups is 1. The molecule has 3 rings (SSSR count). The van der Waals surface area contributed by atoms with Gasteiger partial charge < -0.3 is 9.84 Å². The van der Waals surface area contributed by atoms with E-state index in [9.17, 15) is 22.0 Å². The number of aliphatic hydroxyl groups excluding tert-OH is 1. The number of benzene rings is 2. The maximum absolute atomic E-state index is 14.9. The van der Waals surface area contributed by atoms with E-state index in [4.69, 9.17) is 9.84 Å². The van der Waals surface area contributed by atoms with Gasteiger partial charge in [0.15, 0.2) is 11.6 Å². The average molecular weight is 451 g/mol. The quantitative estimate of drug-likeness (QED) is 0.480. The Bertz CT molecular complexity index is 1230. The van der Waals surface area contributed by atoms with Crippen LogP contribution in [-0.2, 0) is 10.0 Å². The van der Waals surface area contributed by atoms with Crippen molar-refractivity contribution in [3.05, 3.63) is 59.3 Å². The van der Waals surface area contributed by atoms with Crippen molar-refractivity contribution in [3.8, 4) is 5.88 Å². The van der Waals surface area contributed by atoms with Gasteiger partial charge in [-0.25, -0.2) is 27.2 Å². The summed E-state index contributed by atoms with van der Waals surface area (Å²) < 4.78 is 60.4. The van der Waals surface area contributed by atoms with Crippen molar-refractivity contribution >= 4 is 32.5 Å². The van der Waals surface area contributed by atoms with Crippen LogP contribution in [0, 0.1) is 11.6 Å². The van der Waals surface area contributed by atoms with Crippen LogP contribution in [0.15, 0.2) is 36.5 Å². The van der Waals surface area contributed by atoms with Crippen molar-refractivity contribution in [3.63, 3.8) is 0 Å². The number of hydrogen-bond acceptors (Lipinski definition) is 7. The molecule has 1 aromatic heterocycles. The molecule has 0 amide bonds. The Morgan fingerprint density at radius 2 is 1.97 bits per heavy atom. The Kier molecular flexibility index (Phi) is 6.76. The van der Waals surface area contributed by atoms with Crippen LogP contribution in [0.2, 0.25) is 0 Å². The van der Waals surface area contributed by atoms with Gasteiger partial charge in [0, 0.05) is 5.56 Å². The molecule has 0 radical (unpaired) electrons. The zero-order valence-electron chi connectivity index (χ0n) is 16.4. The van der Waals surface area contributed by atoms with Crippen molar-refractivity contribution in [1.29, 1.82) is 0 Å². The second-order valence-corrected chi connectivity index (χ2v) is 8.36. The summed E-state index contributed by atoms with van der Waals surface area (Å²) in [5.74, 6) is -3.58. The van der Waals surface area contributed by atoms with E-state index in [0.29, 0.717) is 11.9 Å². The molecule has 0 spiro atoms. The fourth-order valence-corrected chi connectivity index (χ4v) is 3.96. The number of hydrogen-bond donors (Lipinski definition) is 2. The number of anilines is 1. The van der Waals surface area contributed by atoms with Crippen molar-refractivity contribution in [2.24, 2.45) is 0 Å². The highest BCUT2D eigenvalue weighted by atomic mass is 32.2. The number of rotatable bonds is 9. The van der Waals surface area contributed by atoms with E-state index in [2.05, 4.69) is 9.97 Å². The van der Waals surface area contributed by atoms with E-state index in [0.717, 1.165) is 12.1 Å². The fourth-order valence-electron chi connectivity index (χ4n) is 2.83. The fraction of sp³-hybridized carbons (Fsp3) is 0.250. The lowest BCUT2D eigenvalue weighted by atomic mass is 10.0. The second-order valence-electron chi connectivity index (χ2n) is 6.52. The van der Waals surface area contributed by atoms with Crippen LogP contribution in [0.4, 0.5) is 14.5 Å². The molecule has 0 atom stereocenters. The number of aromatic nitrogens is 2. The molecule has 1 heterocycles. The Balaban J connectivity index is 2.00. The number of carbonyl (C=O) groups excluding carboxylic acids is 1. The van der Waals surface area contributed by atoms with Gasteiger partial charge in [-0.1, -0.05) is 6.92 Å². The van der Waals surface area contributed by atoms with Crippen molar-refractivity contribution in [2.75, 3.05) is 23.7 Å². The van der Waals surface area contributed by atoms with Gasteiger partial charge in [-0.3, -0.25) is 9.52 Å². The van der Waals surface area contributed by atoms with E-state index >= 15 is 0 Å². The first-order chi connectivity index (χ1) is 14.8. The van der Waals surface area contributed by atoms with Crippen molar-refractivity contribution in [1.82, 2.24) is 9.97 Å². The average Bonchev–Trinajstić information content (AvgIpc) is 2.73. The number of aliphatic hydroxyl groups is 1. The number of fused-ring (bicyclic) bond motifs is 1. The topological polar surface area (TPSA) is 118 Å². The third-order valence-corrected chi connectivity index (χ3v) is 5.66. The van der Waals surface area contributed by atoms with Gasteiger partial charge in [0.1, 0.15) is 12.4 Å². The molecule has 164 valence electrons. The van der Waals surface area contributed by atoms with Gasteiger partial charge in [-0.2, -0.15) is 0 Å². The third kappa shape index (κ3) is 5.12. The number of nitrogens with zero attached hydrogens (tertiary/aromatic N) is 2. The highest BCUT2D eigenvalue weighted by molar-refractivity contribution is 7.92. The summed E-state index contributed by atoms with van der Waals surface area (Å²) in [6, 6.07) is 5.83. The number of ether oxygens (including phenoxy) is 1. The molecule has 11 heteroatoms. The van der Waals surface area contributed by atoms with Crippen molar-refractivity contribution < 1.29 is 31.8 Å². The largest absolute Gasteiger partial charge is 0.474 e. The zero-order chi connectivity index (χ0) is 22.6. The molecular weight excluding hydrogens is 432 g/mol. The van der Waals surface area contributed by atoms with Crippen LogP contribution in [0.5, 0.6) is 5.88 Å². The summed E-state index contributed by atoms with van der Waals surface area (Å²) in [6.07, 6.45) is 1.64. The summed E-state index contributed by atoms with van der Waals surface area (Å²) >= 11 is 0. The lowest BCUT2D eigenvalue weighted by molar-refractivity contribution is 0.103. The lowest BCUT2D eigenvalue weighted by Crippen LogP contribution is -2.18. The molecule has 0 unspecified atom stereocenters. The second kappa shape index (κ2) is 9.31. The zero-order valence-corrected chi connectivity index (χ0v) is 17.2. The predicted octanol–water partition coefficient (Wildman–Crippen LogP) is 2.66. The molecule has 2 aromatic carbocycles. The maximum Gasteiger partial charge on any atom is 0.232 e. The summed E-state index contributed by atoms with van der Waals surface area (Å²) in [6.45, 7) is 1.41. The summed E-state index contributed by atoms with van der Waals surface area (Å²) in [5, 5.41) is 8.83. The molecule has 0 fully saturated rings. The smallest absolute Gasteiger partial charge is 0.232 e. The third-order valence-electron chi connectivity index (χ3n) is 4.18. The molecule has 8 nitrogen and oxygen atoms in total. The summed E-state index contributed by atoms with van der Waals surface area (Å²) in [7, 11) is -3.84. The van der Waals surface area contributed by atoms with Crippen LogP contribution in [0.3, 0.4) is 0 Å². The van der Waals surface area contributed by atoms with E-state index in [1.54, 1.807) is 6.92 Å². The molecular formula is C20H19F2N3O5S. The van der Waals surface area contributed by atoms with Crippen LogP contribution in [-0.4, -0.2) is 48.2 Å². The van der Waals surface area contributed by atoms with Gasteiger partial charge in [0.25, 0.3) is 0 Å². The van der Waals surface area contributed by atoms with E-state index in [-0.39, 0.29) is 35.9 Å². The first-order valence-electron chi connectivity index (χ1n) is 9.29. The number of sulfonamides is 1. The maximum atomic E-state index is 14.9. The Labute approximate surface area is 177 Å². The highest BCUT2D eigenvalue weighted by Gasteiger charge is 2.24.